The van der Waals surface area contributed by atoms with E-state index in [0.29, 0.717) is 23.0 Å². The zero-order chi connectivity index (χ0) is 14.0. The molecule has 0 aliphatic rings. The van der Waals surface area contributed by atoms with Crippen molar-refractivity contribution in [2.45, 2.75) is 45.3 Å². The second-order valence-electron chi connectivity index (χ2n) is 6.01. The Labute approximate surface area is 119 Å². The van der Waals surface area contributed by atoms with Crippen LogP contribution >= 0.6 is 23.2 Å². The fraction of sp³-hybridized carbons (Fsp3) is 0.571. The number of benzene rings is 1. The van der Waals surface area contributed by atoms with E-state index in [-0.39, 0.29) is 5.54 Å². The molecule has 0 saturated carbocycles. The maximum atomic E-state index is 10.4. The van der Waals surface area contributed by atoms with Gasteiger partial charge in [-0.15, -0.1) is 0 Å². The van der Waals surface area contributed by atoms with Gasteiger partial charge in [0.25, 0.3) is 0 Å². The van der Waals surface area contributed by atoms with Crippen LogP contribution in [0.1, 0.15) is 33.3 Å². The summed E-state index contributed by atoms with van der Waals surface area (Å²) in [7, 11) is 0. The maximum absolute atomic E-state index is 10.4. The third-order valence-corrected chi connectivity index (χ3v) is 3.17. The molecule has 18 heavy (non-hydrogen) atoms. The first-order valence-electron chi connectivity index (χ1n) is 6.00. The van der Waals surface area contributed by atoms with Gasteiger partial charge >= 0.3 is 0 Å². The molecule has 0 amide bonds. The lowest BCUT2D eigenvalue weighted by Gasteiger charge is -2.29. The summed E-state index contributed by atoms with van der Waals surface area (Å²) in [6.07, 6.45) is 0.492. The molecule has 4 heteroatoms. The molecule has 1 aromatic rings. The van der Waals surface area contributed by atoms with Crippen molar-refractivity contribution in [1.82, 2.24) is 5.32 Å². The lowest BCUT2D eigenvalue weighted by Crippen LogP contribution is -2.47. The van der Waals surface area contributed by atoms with Gasteiger partial charge < -0.3 is 10.4 Å². The van der Waals surface area contributed by atoms with Crippen molar-refractivity contribution in [3.8, 4) is 0 Å². The Kier molecular flexibility index (Phi) is 5.07. The van der Waals surface area contributed by atoms with Crippen LogP contribution in [-0.4, -0.2) is 22.8 Å². The third-order valence-electron chi connectivity index (χ3n) is 2.59. The maximum Gasteiger partial charge on any atom is 0.0784 e. The van der Waals surface area contributed by atoms with Crippen LogP contribution in [0.5, 0.6) is 0 Å². The van der Waals surface area contributed by atoms with Crippen LogP contribution in [0, 0.1) is 0 Å². The van der Waals surface area contributed by atoms with Crippen LogP contribution in [0.4, 0.5) is 0 Å². The summed E-state index contributed by atoms with van der Waals surface area (Å²) in [5.41, 5.74) is 0.0419. The highest BCUT2D eigenvalue weighted by atomic mass is 35.5. The van der Waals surface area contributed by atoms with E-state index in [1.165, 1.54) is 0 Å². The minimum absolute atomic E-state index is 0.0201. The van der Waals surface area contributed by atoms with E-state index in [2.05, 4.69) is 26.1 Å². The topological polar surface area (TPSA) is 32.3 Å². The molecule has 1 aromatic carbocycles. The van der Waals surface area contributed by atoms with Crippen molar-refractivity contribution in [1.29, 1.82) is 0 Å². The van der Waals surface area contributed by atoms with Gasteiger partial charge in [-0.25, -0.2) is 0 Å². The number of hydrogen-bond donors (Lipinski definition) is 2. The molecule has 1 atom stereocenters. The molecule has 2 nitrogen and oxygen atoms in total. The monoisotopic (exact) mass is 289 g/mol. The molecule has 0 bridgehead atoms. The Bertz CT molecular complexity index is 411. The van der Waals surface area contributed by atoms with Gasteiger partial charge in [0.15, 0.2) is 0 Å². The molecule has 0 spiro atoms. The quantitative estimate of drug-likeness (QED) is 0.886. The van der Waals surface area contributed by atoms with E-state index in [9.17, 15) is 5.11 Å². The number of hydrogen-bond acceptors (Lipinski definition) is 2. The van der Waals surface area contributed by atoms with Gasteiger partial charge in [0, 0.05) is 28.5 Å². The fourth-order valence-corrected chi connectivity index (χ4v) is 2.07. The van der Waals surface area contributed by atoms with E-state index in [0.717, 1.165) is 5.56 Å². The third kappa shape index (κ3) is 5.57. The van der Waals surface area contributed by atoms with Crippen molar-refractivity contribution in [3.63, 3.8) is 0 Å². The first kappa shape index (κ1) is 15.8. The Morgan fingerprint density at radius 1 is 1.17 bits per heavy atom. The highest BCUT2D eigenvalue weighted by Crippen LogP contribution is 2.24. The molecule has 1 unspecified atom stereocenters. The van der Waals surface area contributed by atoms with E-state index in [1.807, 2.05) is 6.07 Å². The van der Waals surface area contributed by atoms with Crippen molar-refractivity contribution < 1.29 is 5.11 Å². The van der Waals surface area contributed by atoms with Crippen LogP contribution in [0.25, 0.3) is 0 Å². The molecule has 0 aliphatic heterocycles. The van der Waals surface area contributed by atoms with E-state index in [1.54, 1.807) is 19.1 Å². The normalized spacial score (nSPS) is 15.5. The zero-order valence-electron chi connectivity index (χ0n) is 11.3. The standard InChI is InChI=1S/C14H21Cl2NO/c1-13(2,3)17-9-14(4,18)8-10-5-6-11(15)7-12(10)16/h5-7,17-18H,8-9H2,1-4H3. The van der Waals surface area contributed by atoms with Crippen LogP contribution in [-0.2, 0) is 6.42 Å². The second kappa shape index (κ2) is 5.79. The summed E-state index contributed by atoms with van der Waals surface area (Å²) < 4.78 is 0. The summed E-state index contributed by atoms with van der Waals surface area (Å²) >= 11 is 12.0. The van der Waals surface area contributed by atoms with E-state index in [4.69, 9.17) is 23.2 Å². The summed E-state index contributed by atoms with van der Waals surface area (Å²) in [6, 6.07) is 5.35. The highest BCUT2D eigenvalue weighted by Gasteiger charge is 2.24. The minimum Gasteiger partial charge on any atom is -0.389 e. The zero-order valence-corrected chi connectivity index (χ0v) is 12.9. The summed E-state index contributed by atoms with van der Waals surface area (Å²) in [4.78, 5) is 0. The van der Waals surface area contributed by atoms with Crippen LogP contribution in [0.2, 0.25) is 10.0 Å². The molecule has 102 valence electrons. The fourth-order valence-electron chi connectivity index (χ4n) is 1.59. The molecule has 2 N–H and O–H groups in total. The number of aliphatic hydroxyl groups is 1. The van der Waals surface area contributed by atoms with Crippen LogP contribution in [0.15, 0.2) is 18.2 Å². The van der Waals surface area contributed by atoms with Crippen molar-refractivity contribution in [2.75, 3.05) is 6.54 Å². The molecular formula is C14H21Cl2NO. The second-order valence-corrected chi connectivity index (χ2v) is 6.86. The molecule has 0 saturated heterocycles. The number of β-amino-alcohol motifs (C(OH)–C–C–N with tert-alkyl or cyclic N) is 1. The van der Waals surface area contributed by atoms with Gasteiger partial charge in [-0.2, -0.15) is 0 Å². The average Bonchev–Trinajstić information content (AvgIpc) is 2.19. The van der Waals surface area contributed by atoms with Crippen molar-refractivity contribution in [2.24, 2.45) is 0 Å². The molecular weight excluding hydrogens is 269 g/mol. The molecule has 1 rings (SSSR count). The molecule has 0 aromatic heterocycles. The Morgan fingerprint density at radius 3 is 2.28 bits per heavy atom. The summed E-state index contributed by atoms with van der Waals surface area (Å²) in [6.45, 7) is 8.52. The smallest absolute Gasteiger partial charge is 0.0784 e. The van der Waals surface area contributed by atoms with E-state index >= 15 is 0 Å². The minimum atomic E-state index is -0.843. The SMILES string of the molecule is CC(O)(CNC(C)(C)C)Cc1ccc(Cl)cc1Cl. The Morgan fingerprint density at radius 2 is 1.78 bits per heavy atom. The van der Waals surface area contributed by atoms with Gasteiger partial charge in [-0.05, 0) is 45.4 Å². The molecule has 0 aliphatic carbocycles. The average molecular weight is 290 g/mol. The van der Waals surface area contributed by atoms with Crippen molar-refractivity contribution >= 4 is 23.2 Å². The van der Waals surface area contributed by atoms with Crippen LogP contribution in [0.3, 0.4) is 0 Å². The molecule has 0 radical (unpaired) electrons. The lowest BCUT2D eigenvalue weighted by atomic mass is 9.95. The number of rotatable bonds is 4. The Balaban J connectivity index is 2.70. The largest absolute Gasteiger partial charge is 0.389 e. The van der Waals surface area contributed by atoms with Crippen molar-refractivity contribution in [3.05, 3.63) is 33.8 Å². The highest BCUT2D eigenvalue weighted by molar-refractivity contribution is 6.35. The predicted molar refractivity (Wildman–Crippen MR) is 78.5 cm³/mol. The Hall–Kier alpha value is -0.280. The van der Waals surface area contributed by atoms with E-state index < -0.39 is 5.60 Å². The van der Waals surface area contributed by atoms with Gasteiger partial charge in [-0.1, -0.05) is 29.3 Å². The molecule has 0 heterocycles. The first-order valence-corrected chi connectivity index (χ1v) is 6.76. The molecule has 0 fully saturated rings. The van der Waals surface area contributed by atoms with Gasteiger partial charge in [0.1, 0.15) is 0 Å². The van der Waals surface area contributed by atoms with Gasteiger partial charge in [0.05, 0.1) is 5.60 Å². The van der Waals surface area contributed by atoms with Gasteiger partial charge in [-0.3, -0.25) is 0 Å². The number of halogens is 2. The summed E-state index contributed by atoms with van der Waals surface area (Å²) in [5.74, 6) is 0. The lowest BCUT2D eigenvalue weighted by molar-refractivity contribution is 0.0535. The first-order chi connectivity index (χ1) is 8.09. The summed E-state index contributed by atoms with van der Waals surface area (Å²) in [5, 5.41) is 14.9. The number of nitrogens with one attached hydrogen (secondary N) is 1. The predicted octanol–water partition coefficient (Wildman–Crippen LogP) is 3.68. The van der Waals surface area contributed by atoms with Crippen LogP contribution < -0.4 is 5.32 Å². The van der Waals surface area contributed by atoms with Gasteiger partial charge in [0.2, 0.25) is 0 Å².